The third-order valence-corrected chi connectivity index (χ3v) is 8.33. The van der Waals surface area contributed by atoms with Crippen LogP contribution in [0.1, 0.15) is 63.9 Å². The number of nitrogens with one attached hydrogen (secondary N) is 5. The monoisotopic (exact) mass is 738 g/mol. The van der Waals surface area contributed by atoms with Gasteiger partial charge >= 0.3 is 5.97 Å². The first-order valence-corrected chi connectivity index (χ1v) is 17.5. The van der Waals surface area contributed by atoms with Gasteiger partial charge in [0.15, 0.2) is 0 Å². The standard InChI is InChI=1S/C34H58N8O10/c1-21(45)23(11-12-30(47)48)19-38-32(50)26(9-5-14-35)40-29(46)18-24(13-16-43)39-34(52)28(20-44)42-33(51)27(10-6-15-36)41-31(49)25(37)17-22-7-3-2-4-8-22/h2-4,7-8,21,23-28,43-45H,5-6,9-20,35-37H2,1H3,(H,38,50)(H,39,52)(H,40,46)(H,41,49)(H,42,51)(H,47,48)/t21?,23?,24?,25-,26-,27-,28-/m0/s1. The molecule has 0 bridgehead atoms. The van der Waals surface area contributed by atoms with Crippen molar-refractivity contribution in [1.29, 1.82) is 0 Å². The van der Waals surface area contributed by atoms with E-state index in [0.29, 0.717) is 12.8 Å². The largest absolute Gasteiger partial charge is 0.481 e. The van der Waals surface area contributed by atoms with Crippen LogP contribution in [0.15, 0.2) is 30.3 Å². The Morgan fingerprint density at radius 1 is 0.750 bits per heavy atom. The molecule has 15 N–H and O–H groups in total. The molecule has 7 atom stereocenters. The van der Waals surface area contributed by atoms with Gasteiger partial charge in [-0.2, -0.15) is 0 Å². The molecule has 0 spiro atoms. The number of carboxylic acids is 1. The molecule has 3 unspecified atom stereocenters. The number of carbonyl (C=O) groups is 6. The molecule has 1 rings (SSSR count). The topological polar surface area (TPSA) is 322 Å². The summed E-state index contributed by atoms with van der Waals surface area (Å²) in [4.78, 5) is 76.2. The van der Waals surface area contributed by atoms with E-state index in [9.17, 15) is 44.1 Å². The van der Waals surface area contributed by atoms with Crippen molar-refractivity contribution >= 4 is 35.5 Å². The Labute approximate surface area is 304 Å². The molecule has 0 fully saturated rings. The molecule has 294 valence electrons. The molecule has 0 aliphatic heterocycles. The zero-order valence-corrected chi connectivity index (χ0v) is 29.8. The van der Waals surface area contributed by atoms with E-state index in [2.05, 4.69) is 26.6 Å². The lowest BCUT2D eigenvalue weighted by Gasteiger charge is -2.26. The molecule has 0 aromatic heterocycles. The maximum Gasteiger partial charge on any atom is 0.303 e. The Morgan fingerprint density at radius 2 is 1.33 bits per heavy atom. The van der Waals surface area contributed by atoms with Crippen LogP contribution in [0.25, 0.3) is 0 Å². The highest BCUT2D eigenvalue weighted by molar-refractivity contribution is 5.93. The van der Waals surface area contributed by atoms with Crippen LogP contribution in [-0.4, -0.2) is 125 Å². The minimum Gasteiger partial charge on any atom is -0.481 e. The van der Waals surface area contributed by atoms with Gasteiger partial charge in [0.2, 0.25) is 29.5 Å². The lowest BCUT2D eigenvalue weighted by Crippen LogP contribution is -2.58. The van der Waals surface area contributed by atoms with E-state index < -0.39 is 91.0 Å². The number of benzene rings is 1. The van der Waals surface area contributed by atoms with Crippen molar-refractivity contribution in [1.82, 2.24) is 26.6 Å². The fraction of sp³-hybridized carbons (Fsp3) is 0.647. The Kier molecular flexibility index (Phi) is 22.6. The van der Waals surface area contributed by atoms with Crippen molar-refractivity contribution in [2.24, 2.45) is 23.1 Å². The molecule has 18 heteroatoms. The third-order valence-electron chi connectivity index (χ3n) is 8.33. The Hall–Kier alpha value is -4.20. The normalized spacial score (nSPS) is 15.1. The molecule has 0 saturated carbocycles. The number of rotatable bonds is 27. The van der Waals surface area contributed by atoms with E-state index in [0.717, 1.165) is 5.56 Å². The maximum absolute atomic E-state index is 13.2. The van der Waals surface area contributed by atoms with Crippen LogP contribution >= 0.6 is 0 Å². The van der Waals surface area contributed by atoms with Gasteiger partial charge in [0.05, 0.1) is 18.8 Å². The van der Waals surface area contributed by atoms with E-state index in [1.54, 1.807) is 12.1 Å². The molecule has 0 aliphatic rings. The van der Waals surface area contributed by atoms with Crippen LogP contribution in [0.3, 0.4) is 0 Å². The van der Waals surface area contributed by atoms with E-state index in [-0.39, 0.29) is 64.6 Å². The molecular formula is C34H58N8O10. The first kappa shape index (κ1) is 45.8. The van der Waals surface area contributed by atoms with Gasteiger partial charge in [0.25, 0.3) is 0 Å². The average molecular weight is 739 g/mol. The number of hydrogen-bond acceptors (Lipinski definition) is 12. The van der Waals surface area contributed by atoms with Crippen LogP contribution in [-0.2, 0) is 35.2 Å². The van der Waals surface area contributed by atoms with Crippen LogP contribution in [0.4, 0.5) is 0 Å². The molecule has 18 nitrogen and oxygen atoms in total. The van der Waals surface area contributed by atoms with Gasteiger partial charge in [0.1, 0.15) is 18.1 Å². The summed E-state index contributed by atoms with van der Waals surface area (Å²) >= 11 is 0. The van der Waals surface area contributed by atoms with Gasteiger partial charge in [0, 0.05) is 38.0 Å². The van der Waals surface area contributed by atoms with Gasteiger partial charge in [-0.1, -0.05) is 30.3 Å². The molecule has 1 aromatic carbocycles. The maximum atomic E-state index is 13.2. The quantitative estimate of drug-likeness (QED) is 0.0422. The lowest BCUT2D eigenvalue weighted by atomic mass is 9.97. The van der Waals surface area contributed by atoms with Gasteiger partial charge in [-0.3, -0.25) is 28.8 Å². The number of carboxylic acid groups (broad SMARTS) is 1. The van der Waals surface area contributed by atoms with Crippen LogP contribution in [0, 0.1) is 5.92 Å². The molecule has 5 amide bonds. The predicted molar refractivity (Wildman–Crippen MR) is 191 cm³/mol. The molecule has 0 heterocycles. The van der Waals surface area contributed by atoms with E-state index in [4.69, 9.17) is 22.3 Å². The average Bonchev–Trinajstić information content (AvgIpc) is 3.10. The fourth-order valence-corrected chi connectivity index (χ4v) is 5.22. The summed E-state index contributed by atoms with van der Waals surface area (Å²) in [6, 6.07) is 3.47. The number of aliphatic hydroxyl groups is 3. The minimum absolute atomic E-state index is 0.0342. The predicted octanol–water partition coefficient (Wildman–Crippen LogP) is -3.28. The first-order valence-electron chi connectivity index (χ1n) is 17.5. The van der Waals surface area contributed by atoms with E-state index in [1.807, 2.05) is 18.2 Å². The number of aliphatic hydroxyl groups excluding tert-OH is 3. The smallest absolute Gasteiger partial charge is 0.303 e. The highest BCUT2D eigenvalue weighted by Gasteiger charge is 2.30. The van der Waals surface area contributed by atoms with Gasteiger partial charge in [-0.15, -0.1) is 0 Å². The molecule has 1 aromatic rings. The summed E-state index contributed by atoms with van der Waals surface area (Å²) < 4.78 is 0. The summed E-state index contributed by atoms with van der Waals surface area (Å²) in [5.74, 6) is -5.05. The number of hydrogen-bond donors (Lipinski definition) is 12. The highest BCUT2D eigenvalue weighted by Crippen LogP contribution is 2.12. The minimum atomic E-state index is -1.49. The first-order chi connectivity index (χ1) is 24.8. The summed E-state index contributed by atoms with van der Waals surface area (Å²) in [7, 11) is 0. The van der Waals surface area contributed by atoms with Crippen molar-refractivity contribution in [2.45, 2.75) is 101 Å². The highest BCUT2D eigenvalue weighted by atomic mass is 16.4. The number of amides is 5. The lowest BCUT2D eigenvalue weighted by molar-refractivity contribution is -0.137. The third kappa shape index (κ3) is 18.3. The van der Waals surface area contributed by atoms with E-state index >= 15 is 0 Å². The Bertz CT molecular complexity index is 1260. The second-order valence-electron chi connectivity index (χ2n) is 12.7. The Morgan fingerprint density at radius 3 is 1.87 bits per heavy atom. The zero-order chi connectivity index (χ0) is 39.1. The van der Waals surface area contributed by atoms with Crippen molar-refractivity contribution in [3.8, 4) is 0 Å². The number of nitrogens with two attached hydrogens (primary N) is 3. The van der Waals surface area contributed by atoms with Crippen LogP contribution in [0.2, 0.25) is 0 Å². The van der Waals surface area contributed by atoms with Crippen LogP contribution in [0.5, 0.6) is 0 Å². The molecule has 0 radical (unpaired) electrons. The summed E-state index contributed by atoms with van der Waals surface area (Å²) in [6.45, 7) is 0.628. The van der Waals surface area contributed by atoms with Crippen molar-refractivity contribution in [2.75, 3.05) is 32.8 Å². The summed E-state index contributed by atoms with van der Waals surface area (Å²) in [6.07, 6.45) is -0.209. The molecule has 52 heavy (non-hydrogen) atoms. The van der Waals surface area contributed by atoms with Gasteiger partial charge in [-0.05, 0) is 70.5 Å². The fourth-order valence-electron chi connectivity index (χ4n) is 5.22. The van der Waals surface area contributed by atoms with E-state index in [1.165, 1.54) is 6.92 Å². The molecule has 0 saturated heterocycles. The molecule has 0 aliphatic carbocycles. The van der Waals surface area contributed by atoms with Crippen LogP contribution < -0.4 is 43.8 Å². The Balaban J connectivity index is 2.89. The number of carbonyl (C=O) groups excluding carboxylic acids is 5. The van der Waals surface area contributed by atoms with Gasteiger partial charge in [-0.25, -0.2) is 0 Å². The van der Waals surface area contributed by atoms with Gasteiger partial charge < -0.3 is 64.2 Å². The van der Waals surface area contributed by atoms with Crippen molar-refractivity contribution in [3.63, 3.8) is 0 Å². The second kappa shape index (κ2) is 25.7. The molecular weight excluding hydrogens is 680 g/mol. The zero-order valence-electron chi connectivity index (χ0n) is 29.8. The SMILES string of the molecule is CC(O)C(CCC(=O)O)CNC(=O)[C@H](CCCN)NC(=O)CC(CCO)NC(=O)[C@H](CO)NC(=O)[C@H](CCCN)NC(=O)[C@@H](N)Cc1ccccc1. The summed E-state index contributed by atoms with van der Waals surface area (Å²) in [5.41, 5.74) is 18.1. The van der Waals surface area contributed by atoms with Crippen molar-refractivity contribution in [3.05, 3.63) is 35.9 Å². The number of aliphatic carboxylic acids is 1. The summed E-state index contributed by atoms with van der Waals surface area (Å²) in [5, 5.41) is 51.3. The second-order valence-corrected chi connectivity index (χ2v) is 12.7. The van der Waals surface area contributed by atoms with Crippen molar-refractivity contribution < 1.29 is 49.2 Å².